The molecule has 0 bridgehead atoms. The highest BCUT2D eigenvalue weighted by molar-refractivity contribution is 6.23. The van der Waals surface area contributed by atoms with Crippen LogP contribution >= 0.6 is 0 Å². The summed E-state index contributed by atoms with van der Waals surface area (Å²) in [5.41, 5.74) is 11.4. The zero-order chi connectivity index (χ0) is 33.2. The predicted molar refractivity (Wildman–Crippen MR) is 181 cm³/mol. The number of nitrogens with two attached hydrogens (primary N) is 1. The number of hydrogen-bond donors (Lipinski definition) is 3. The number of hydrogen-bond acceptors (Lipinski definition) is 10. The molecule has 3 amide bonds. The van der Waals surface area contributed by atoms with Gasteiger partial charge in [-0.2, -0.15) is 5.10 Å². The van der Waals surface area contributed by atoms with E-state index in [9.17, 15) is 19.2 Å². The minimum atomic E-state index is -1.15. The number of nitrogens with zero attached hydrogens (tertiary/aromatic N) is 6. The van der Waals surface area contributed by atoms with E-state index in [1.54, 1.807) is 18.2 Å². The normalized spacial score (nSPS) is 19.7. The standard InChI is InChI=1S/C35H39N9O4/c36-33(46)32(4-2-14-45)44-34(47)27-7-5-24(17-28(27)35(44)48)38-9-1-3-22-15-26(16-22)43-21-23(19-40-43)31-20-39-30-18-25(6-8-29(30)41-31)42-12-10-37-11-13-42/h5-8,14,17-22,26,32,37-38H,1-4,9-13,15-16H2,(H2,36,46). The lowest BCUT2D eigenvalue weighted by Gasteiger charge is -2.35. The molecule has 0 radical (unpaired) electrons. The van der Waals surface area contributed by atoms with Crippen molar-refractivity contribution in [2.45, 2.75) is 50.6 Å². The number of imide groups is 1. The topological polar surface area (TPSA) is 168 Å². The second-order valence-corrected chi connectivity index (χ2v) is 12.8. The van der Waals surface area contributed by atoms with Crippen molar-refractivity contribution in [3.63, 3.8) is 0 Å². The molecule has 3 aliphatic rings. The Balaban J connectivity index is 0.882. The smallest absolute Gasteiger partial charge is 0.262 e. The predicted octanol–water partition coefficient (Wildman–Crippen LogP) is 3.18. The zero-order valence-corrected chi connectivity index (χ0v) is 26.7. The molecule has 2 aromatic heterocycles. The van der Waals surface area contributed by atoms with E-state index >= 15 is 0 Å². The number of benzene rings is 2. The van der Waals surface area contributed by atoms with Gasteiger partial charge in [0.15, 0.2) is 0 Å². The van der Waals surface area contributed by atoms with Gasteiger partial charge in [-0.25, -0.2) is 4.98 Å². The maximum Gasteiger partial charge on any atom is 0.262 e. The van der Waals surface area contributed by atoms with Crippen LogP contribution in [-0.4, -0.2) is 87.4 Å². The van der Waals surface area contributed by atoms with Crippen molar-refractivity contribution in [1.29, 1.82) is 0 Å². The molecule has 248 valence electrons. The van der Waals surface area contributed by atoms with Crippen LogP contribution in [0.1, 0.15) is 65.3 Å². The number of fused-ring (bicyclic) bond motifs is 2. The Morgan fingerprint density at radius 3 is 2.65 bits per heavy atom. The summed E-state index contributed by atoms with van der Waals surface area (Å²) in [6.45, 7) is 4.68. The molecule has 1 aliphatic carbocycles. The van der Waals surface area contributed by atoms with Gasteiger partial charge in [0.05, 0.1) is 46.3 Å². The molecule has 2 aliphatic heterocycles. The lowest BCUT2D eigenvalue weighted by atomic mass is 9.77. The second-order valence-electron chi connectivity index (χ2n) is 12.8. The van der Waals surface area contributed by atoms with E-state index in [4.69, 9.17) is 15.7 Å². The van der Waals surface area contributed by atoms with Crippen molar-refractivity contribution in [3.8, 4) is 11.3 Å². The lowest BCUT2D eigenvalue weighted by molar-refractivity contribution is -0.122. The fourth-order valence-electron chi connectivity index (χ4n) is 6.98. The number of piperazine rings is 1. The van der Waals surface area contributed by atoms with Gasteiger partial charge in [-0.05, 0) is 74.4 Å². The number of anilines is 2. The van der Waals surface area contributed by atoms with Crippen molar-refractivity contribution < 1.29 is 19.2 Å². The summed E-state index contributed by atoms with van der Waals surface area (Å²) in [7, 11) is 0. The van der Waals surface area contributed by atoms with Crippen LogP contribution in [0.15, 0.2) is 55.0 Å². The molecule has 1 unspecified atom stereocenters. The number of aromatic nitrogens is 4. The van der Waals surface area contributed by atoms with E-state index in [1.165, 1.54) is 5.69 Å². The summed E-state index contributed by atoms with van der Waals surface area (Å²) in [5, 5.41) is 11.4. The SMILES string of the molecule is NC(=O)C(CCC=O)N1C(=O)c2ccc(NCCCC3CC(n4cc(-c5cnc6cc(N7CCNCC7)ccc6n5)cn4)C3)cc2C1=O. The fourth-order valence-corrected chi connectivity index (χ4v) is 6.98. The summed E-state index contributed by atoms with van der Waals surface area (Å²) in [6.07, 6.45) is 10.6. The monoisotopic (exact) mass is 649 g/mol. The highest BCUT2D eigenvalue weighted by Crippen LogP contribution is 2.40. The van der Waals surface area contributed by atoms with E-state index in [1.807, 2.05) is 12.4 Å². The summed E-state index contributed by atoms with van der Waals surface area (Å²) in [5.74, 6) is -1.33. The van der Waals surface area contributed by atoms with Gasteiger partial charge in [0.2, 0.25) is 5.91 Å². The molecule has 1 saturated carbocycles. The Hall–Kier alpha value is -5.17. The third-order valence-electron chi connectivity index (χ3n) is 9.72. The summed E-state index contributed by atoms with van der Waals surface area (Å²) in [6, 6.07) is 10.5. The van der Waals surface area contributed by atoms with E-state index < -0.39 is 23.8 Å². The van der Waals surface area contributed by atoms with Gasteiger partial charge in [0, 0.05) is 62.3 Å². The first-order valence-corrected chi connectivity index (χ1v) is 16.7. The molecule has 4 aromatic rings. The van der Waals surface area contributed by atoms with Crippen molar-refractivity contribution in [2.75, 3.05) is 42.9 Å². The number of carbonyl (C=O) groups is 4. The first kappa shape index (κ1) is 31.4. The Bertz CT molecular complexity index is 1860. The number of amides is 3. The molecule has 4 N–H and O–H groups in total. The zero-order valence-electron chi connectivity index (χ0n) is 26.7. The van der Waals surface area contributed by atoms with Gasteiger partial charge in [0.25, 0.3) is 11.8 Å². The second kappa shape index (κ2) is 13.5. The molecule has 4 heterocycles. The summed E-state index contributed by atoms with van der Waals surface area (Å²) < 4.78 is 2.05. The maximum absolute atomic E-state index is 13.0. The van der Waals surface area contributed by atoms with E-state index in [2.05, 4.69) is 49.7 Å². The van der Waals surface area contributed by atoms with E-state index in [-0.39, 0.29) is 24.0 Å². The lowest BCUT2D eigenvalue weighted by Crippen LogP contribution is -2.47. The van der Waals surface area contributed by atoms with Crippen LogP contribution in [0.3, 0.4) is 0 Å². The van der Waals surface area contributed by atoms with Crippen LogP contribution in [-0.2, 0) is 9.59 Å². The minimum absolute atomic E-state index is 0.0104. The third kappa shape index (κ3) is 6.25. The van der Waals surface area contributed by atoms with Gasteiger partial charge in [-0.15, -0.1) is 0 Å². The highest BCUT2D eigenvalue weighted by Gasteiger charge is 2.42. The minimum Gasteiger partial charge on any atom is -0.385 e. The van der Waals surface area contributed by atoms with Crippen LogP contribution in [0.2, 0.25) is 0 Å². The Kier molecular flexibility index (Phi) is 8.85. The summed E-state index contributed by atoms with van der Waals surface area (Å²) in [4.78, 5) is 61.5. The largest absolute Gasteiger partial charge is 0.385 e. The Morgan fingerprint density at radius 2 is 1.85 bits per heavy atom. The van der Waals surface area contributed by atoms with E-state index in [0.29, 0.717) is 18.2 Å². The molecule has 1 atom stereocenters. The summed E-state index contributed by atoms with van der Waals surface area (Å²) >= 11 is 0. The van der Waals surface area contributed by atoms with Crippen LogP contribution in [0.5, 0.6) is 0 Å². The van der Waals surface area contributed by atoms with Gasteiger partial charge >= 0.3 is 0 Å². The highest BCUT2D eigenvalue weighted by atomic mass is 16.2. The number of carbonyl (C=O) groups excluding carboxylic acids is 4. The number of nitrogens with one attached hydrogen (secondary N) is 2. The quantitative estimate of drug-likeness (QED) is 0.111. The number of primary amides is 1. The third-order valence-corrected chi connectivity index (χ3v) is 9.72. The van der Waals surface area contributed by atoms with Gasteiger partial charge in [0.1, 0.15) is 12.3 Å². The molecule has 2 fully saturated rings. The number of rotatable bonds is 13. The van der Waals surface area contributed by atoms with Crippen molar-refractivity contribution in [1.82, 2.24) is 30.0 Å². The average Bonchev–Trinajstić information content (AvgIpc) is 3.66. The van der Waals surface area contributed by atoms with Crippen molar-refractivity contribution in [3.05, 3.63) is 66.1 Å². The van der Waals surface area contributed by atoms with Crippen molar-refractivity contribution >= 4 is 46.4 Å². The van der Waals surface area contributed by atoms with Gasteiger partial charge in [-0.1, -0.05) is 0 Å². The average molecular weight is 650 g/mol. The van der Waals surface area contributed by atoms with E-state index in [0.717, 1.165) is 91.3 Å². The molecule has 13 heteroatoms. The Morgan fingerprint density at radius 1 is 1.04 bits per heavy atom. The molecule has 1 saturated heterocycles. The maximum atomic E-state index is 13.0. The van der Waals surface area contributed by atoms with Gasteiger partial charge in [-0.3, -0.25) is 28.9 Å². The molecule has 0 spiro atoms. The van der Waals surface area contributed by atoms with Crippen LogP contribution < -0.4 is 21.3 Å². The first-order valence-electron chi connectivity index (χ1n) is 16.7. The van der Waals surface area contributed by atoms with Crippen LogP contribution in [0, 0.1) is 5.92 Å². The molecule has 13 nitrogen and oxygen atoms in total. The fraction of sp³-hybridized carbons (Fsp3) is 0.400. The van der Waals surface area contributed by atoms with Gasteiger partial charge < -0.3 is 26.1 Å². The van der Waals surface area contributed by atoms with Crippen LogP contribution in [0.4, 0.5) is 11.4 Å². The molecule has 48 heavy (non-hydrogen) atoms. The molecule has 7 rings (SSSR count). The Labute approximate surface area is 277 Å². The first-order chi connectivity index (χ1) is 23.4. The molecular formula is C35H39N9O4. The molecule has 2 aromatic carbocycles. The van der Waals surface area contributed by atoms with Crippen LogP contribution in [0.25, 0.3) is 22.3 Å². The van der Waals surface area contributed by atoms with Crippen molar-refractivity contribution in [2.24, 2.45) is 11.7 Å². The number of aldehydes is 1. The molecular weight excluding hydrogens is 610 g/mol.